The van der Waals surface area contributed by atoms with Crippen molar-refractivity contribution in [2.45, 2.75) is 13.0 Å². The molecule has 0 aromatic carbocycles. The largest absolute Gasteiger partial charge is 0.480 e. The number of hydrogen-bond donors (Lipinski definition) is 4. The Labute approximate surface area is 87.7 Å². The number of carbonyl (C=O) groups excluding carboxylic acids is 1. The number of hydrogen-bond acceptors (Lipinski definition) is 4. The van der Waals surface area contributed by atoms with Crippen LogP contribution in [0, 0.1) is 11.8 Å². The van der Waals surface area contributed by atoms with E-state index >= 15 is 0 Å². The molecular weight excluding hydrogens is 200 g/mol. The van der Waals surface area contributed by atoms with Gasteiger partial charge in [0.05, 0.1) is 12.5 Å². The zero-order valence-electron chi connectivity index (χ0n) is 8.56. The van der Waals surface area contributed by atoms with Crippen molar-refractivity contribution in [1.82, 2.24) is 10.6 Å². The smallest absolute Gasteiger partial charge is 0.328 e. The fourth-order valence-electron chi connectivity index (χ4n) is 1.63. The van der Waals surface area contributed by atoms with E-state index < -0.39 is 18.6 Å². The lowest BCUT2D eigenvalue weighted by Crippen LogP contribution is -2.47. The maximum atomic E-state index is 11.6. The second kappa shape index (κ2) is 5.09. The first-order chi connectivity index (χ1) is 7.06. The summed E-state index contributed by atoms with van der Waals surface area (Å²) in [5.41, 5.74) is 0. The molecule has 0 radical (unpaired) electrons. The number of rotatable bonds is 4. The predicted octanol–water partition coefficient (Wildman–Crippen LogP) is -1.60. The minimum atomic E-state index is -1.22. The van der Waals surface area contributed by atoms with Gasteiger partial charge in [0.1, 0.15) is 6.04 Å². The molecule has 6 nitrogen and oxygen atoms in total. The van der Waals surface area contributed by atoms with Crippen LogP contribution >= 0.6 is 0 Å². The van der Waals surface area contributed by atoms with Gasteiger partial charge in [-0.25, -0.2) is 4.79 Å². The summed E-state index contributed by atoms with van der Waals surface area (Å²) in [6.45, 7) is 2.66. The van der Waals surface area contributed by atoms with Crippen molar-refractivity contribution < 1.29 is 19.8 Å². The molecule has 0 aliphatic carbocycles. The molecule has 0 aromatic heterocycles. The highest BCUT2D eigenvalue weighted by atomic mass is 16.4. The van der Waals surface area contributed by atoms with Crippen LogP contribution in [-0.4, -0.2) is 47.8 Å². The number of nitrogens with one attached hydrogen (secondary N) is 2. The molecule has 1 rings (SSSR count). The summed E-state index contributed by atoms with van der Waals surface area (Å²) in [7, 11) is 0. The highest BCUT2D eigenvalue weighted by molar-refractivity contribution is 5.85. The zero-order chi connectivity index (χ0) is 11.4. The van der Waals surface area contributed by atoms with Gasteiger partial charge in [-0.15, -0.1) is 0 Å². The van der Waals surface area contributed by atoms with Crippen molar-refractivity contribution in [3.63, 3.8) is 0 Å². The molecule has 1 heterocycles. The van der Waals surface area contributed by atoms with E-state index in [2.05, 4.69) is 10.6 Å². The average molecular weight is 216 g/mol. The first-order valence-electron chi connectivity index (χ1n) is 4.91. The maximum absolute atomic E-state index is 11.6. The summed E-state index contributed by atoms with van der Waals surface area (Å²) in [6.07, 6.45) is 0. The molecule has 1 aliphatic heterocycles. The van der Waals surface area contributed by atoms with Gasteiger partial charge in [-0.1, -0.05) is 6.92 Å². The number of carboxylic acids is 1. The van der Waals surface area contributed by atoms with Gasteiger partial charge >= 0.3 is 5.97 Å². The van der Waals surface area contributed by atoms with Crippen LogP contribution < -0.4 is 10.6 Å². The van der Waals surface area contributed by atoms with E-state index in [4.69, 9.17) is 10.2 Å². The molecule has 1 saturated heterocycles. The van der Waals surface area contributed by atoms with Crippen LogP contribution in [0.1, 0.15) is 6.92 Å². The molecular formula is C9H16N2O4. The third kappa shape index (κ3) is 2.90. The fraction of sp³-hybridized carbons (Fsp3) is 0.778. The molecule has 0 bridgehead atoms. The Morgan fingerprint density at radius 2 is 2.20 bits per heavy atom. The van der Waals surface area contributed by atoms with Gasteiger partial charge in [0.2, 0.25) is 5.91 Å². The van der Waals surface area contributed by atoms with Crippen LogP contribution in [0.25, 0.3) is 0 Å². The fourth-order valence-corrected chi connectivity index (χ4v) is 1.63. The molecule has 1 fully saturated rings. The van der Waals surface area contributed by atoms with E-state index in [1.165, 1.54) is 0 Å². The molecule has 0 aromatic rings. The van der Waals surface area contributed by atoms with Crippen molar-refractivity contribution in [3.8, 4) is 0 Å². The summed E-state index contributed by atoms with van der Waals surface area (Å²) in [5, 5.41) is 22.7. The van der Waals surface area contributed by atoms with Crippen LogP contribution in [0.15, 0.2) is 0 Å². The Kier molecular flexibility index (Phi) is 4.05. The molecule has 0 spiro atoms. The Morgan fingerprint density at radius 3 is 2.60 bits per heavy atom. The lowest BCUT2D eigenvalue weighted by Gasteiger charge is -2.17. The highest BCUT2D eigenvalue weighted by Crippen LogP contribution is 2.15. The minimum absolute atomic E-state index is 0.193. The molecule has 1 amide bonds. The van der Waals surface area contributed by atoms with Gasteiger partial charge < -0.3 is 20.8 Å². The van der Waals surface area contributed by atoms with Gasteiger partial charge in [-0.2, -0.15) is 0 Å². The monoisotopic (exact) mass is 216 g/mol. The third-order valence-electron chi connectivity index (χ3n) is 2.65. The second-order valence-corrected chi connectivity index (χ2v) is 3.82. The zero-order valence-corrected chi connectivity index (χ0v) is 8.56. The lowest BCUT2D eigenvalue weighted by atomic mass is 9.97. The molecule has 4 N–H and O–H groups in total. The first kappa shape index (κ1) is 11.9. The Balaban J connectivity index is 2.50. The maximum Gasteiger partial charge on any atom is 0.328 e. The third-order valence-corrected chi connectivity index (χ3v) is 2.65. The van der Waals surface area contributed by atoms with E-state index in [1.54, 1.807) is 0 Å². The van der Waals surface area contributed by atoms with Gasteiger partial charge in [0, 0.05) is 6.54 Å². The number of aliphatic hydroxyl groups excluding tert-OH is 1. The molecule has 0 unspecified atom stereocenters. The Bertz CT molecular complexity index is 256. The Morgan fingerprint density at radius 1 is 1.53 bits per heavy atom. The standard InChI is InChI=1S/C9H16N2O4/c1-5-2-10-3-6(5)8(13)11-7(4-12)9(14)15/h5-7,10,12H,2-4H2,1H3,(H,11,13)(H,14,15)/t5-,6-,7+/m1/s1. The summed E-state index contributed by atoms with van der Waals surface area (Å²) in [6, 6.07) is -1.20. The van der Waals surface area contributed by atoms with Gasteiger partial charge in [0.15, 0.2) is 0 Å². The number of aliphatic hydroxyl groups is 1. The minimum Gasteiger partial charge on any atom is -0.480 e. The van der Waals surface area contributed by atoms with Crippen LogP contribution in [-0.2, 0) is 9.59 Å². The normalized spacial score (nSPS) is 27.3. The molecule has 0 saturated carbocycles. The Hall–Kier alpha value is -1.14. The van der Waals surface area contributed by atoms with Crippen molar-refractivity contribution in [2.75, 3.05) is 19.7 Å². The molecule has 6 heteroatoms. The van der Waals surface area contributed by atoms with Crippen LogP contribution in [0.4, 0.5) is 0 Å². The van der Waals surface area contributed by atoms with Crippen LogP contribution in [0.3, 0.4) is 0 Å². The van der Waals surface area contributed by atoms with Crippen LogP contribution in [0.2, 0.25) is 0 Å². The molecule has 86 valence electrons. The van der Waals surface area contributed by atoms with Crippen molar-refractivity contribution in [2.24, 2.45) is 11.8 Å². The van der Waals surface area contributed by atoms with E-state index in [0.29, 0.717) is 6.54 Å². The number of carboxylic acid groups (broad SMARTS) is 1. The number of amides is 1. The highest BCUT2D eigenvalue weighted by Gasteiger charge is 2.31. The van der Waals surface area contributed by atoms with Crippen molar-refractivity contribution in [3.05, 3.63) is 0 Å². The average Bonchev–Trinajstić information content (AvgIpc) is 2.60. The number of aliphatic carboxylic acids is 1. The van der Waals surface area contributed by atoms with Gasteiger partial charge in [-0.05, 0) is 12.5 Å². The summed E-state index contributed by atoms with van der Waals surface area (Å²) in [4.78, 5) is 22.2. The summed E-state index contributed by atoms with van der Waals surface area (Å²) >= 11 is 0. The molecule has 15 heavy (non-hydrogen) atoms. The van der Waals surface area contributed by atoms with E-state index in [9.17, 15) is 9.59 Å². The van der Waals surface area contributed by atoms with E-state index in [-0.39, 0.29) is 17.7 Å². The van der Waals surface area contributed by atoms with Crippen molar-refractivity contribution in [1.29, 1.82) is 0 Å². The second-order valence-electron chi connectivity index (χ2n) is 3.82. The summed E-state index contributed by atoms with van der Waals surface area (Å²) in [5.74, 6) is -1.55. The van der Waals surface area contributed by atoms with E-state index in [0.717, 1.165) is 6.54 Å². The first-order valence-corrected chi connectivity index (χ1v) is 4.91. The SMILES string of the molecule is C[C@@H]1CNC[C@H]1C(=O)N[C@@H](CO)C(=O)O. The van der Waals surface area contributed by atoms with Gasteiger partial charge in [0.25, 0.3) is 0 Å². The topological polar surface area (TPSA) is 98.7 Å². The number of carbonyl (C=O) groups is 2. The molecule has 3 atom stereocenters. The van der Waals surface area contributed by atoms with Crippen LogP contribution in [0.5, 0.6) is 0 Å². The quantitative estimate of drug-likeness (QED) is 0.454. The van der Waals surface area contributed by atoms with Gasteiger partial charge in [-0.3, -0.25) is 4.79 Å². The lowest BCUT2D eigenvalue weighted by molar-refractivity contribution is -0.143. The van der Waals surface area contributed by atoms with Crippen molar-refractivity contribution >= 4 is 11.9 Å². The summed E-state index contributed by atoms with van der Waals surface area (Å²) < 4.78 is 0. The van der Waals surface area contributed by atoms with E-state index in [1.807, 2.05) is 6.92 Å². The predicted molar refractivity (Wildman–Crippen MR) is 52.2 cm³/mol. The molecule has 1 aliphatic rings.